The molecule has 0 aromatic heterocycles. The second-order valence-electron chi connectivity index (χ2n) is 3.97. The van der Waals surface area contributed by atoms with Crippen molar-refractivity contribution in [3.63, 3.8) is 0 Å². The fourth-order valence-corrected chi connectivity index (χ4v) is 1.93. The number of hydrogen-bond acceptors (Lipinski definition) is 4. The van der Waals surface area contributed by atoms with Crippen molar-refractivity contribution in [3.8, 4) is 0 Å². The Balaban J connectivity index is 1.68. The van der Waals surface area contributed by atoms with Crippen LogP contribution in [0.15, 0.2) is 0 Å². The van der Waals surface area contributed by atoms with Crippen molar-refractivity contribution in [2.75, 3.05) is 26.3 Å². The normalized spacial score (nSPS) is 29.1. The summed E-state index contributed by atoms with van der Waals surface area (Å²) in [7, 11) is 0. The minimum Gasteiger partial charge on any atom is -0.464 e. The van der Waals surface area contributed by atoms with E-state index in [1.165, 1.54) is 0 Å². The molecule has 0 aromatic carbocycles. The van der Waals surface area contributed by atoms with E-state index in [2.05, 4.69) is 5.32 Å². The van der Waals surface area contributed by atoms with Crippen LogP contribution in [0.2, 0.25) is 0 Å². The molecule has 4 heteroatoms. The van der Waals surface area contributed by atoms with Crippen LogP contribution in [0.25, 0.3) is 0 Å². The number of rotatable bonds is 3. The molecule has 0 amide bonds. The quantitative estimate of drug-likeness (QED) is 0.665. The molecule has 2 aliphatic heterocycles. The molecule has 2 saturated heterocycles. The molecule has 2 aliphatic rings. The van der Waals surface area contributed by atoms with Gasteiger partial charge in [0.2, 0.25) is 0 Å². The molecule has 0 aromatic rings. The molecule has 1 atom stereocenters. The van der Waals surface area contributed by atoms with E-state index in [-0.39, 0.29) is 12.1 Å². The molecular formula is C10H17NO3. The predicted octanol–water partition coefficient (Wildman–Crippen LogP) is 0.318. The third kappa shape index (κ3) is 2.45. The Bertz CT molecular complexity index is 202. The van der Waals surface area contributed by atoms with Gasteiger partial charge in [0, 0.05) is 6.42 Å². The molecule has 4 nitrogen and oxygen atoms in total. The lowest BCUT2D eigenvalue weighted by Crippen LogP contribution is -2.31. The number of nitrogens with one attached hydrogen (secondary N) is 1. The minimum atomic E-state index is -0.287. The highest BCUT2D eigenvalue weighted by molar-refractivity contribution is 5.76. The topological polar surface area (TPSA) is 47.6 Å². The van der Waals surface area contributed by atoms with Crippen molar-refractivity contribution in [2.45, 2.75) is 25.4 Å². The maximum atomic E-state index is 11.1. The highest BCUT2D eigenvalue weighted by Crippen LogP contribution is 2.16. The van der Waals surface area contributed by atoms with Gasteiger partial charge in [0.05, 0.1) is 13.2 Å². The summed E-state index contributed by atoms with van der Waals surface area (Å²) in [4.78, 5) is 11.1. The Morgan fingerprint density at radius 3 is 2.79 bits per heavy atom. The lowest BCUT2D eigenvalue weighted by Gasteiger charge is -2.23. The van der Waals surface area contributed by atoms with E-state index in [4.69, 9.17) is 9.47 Å². The number of cyclic esters (lactones) is 1. The van der Waals surface area contributed by atoms with Gasteiger partial charge in [0.25, 0.3) is 0 Å². The van der Waals surface area contributed by atoms with Crippen molar-refractivity contribution < 1.29 is 14.3 Å². The minimum absolute atomic E-state index is 0.182. The van der Waals surface area contributed by atoms with Crippen LogP contribution in [0.1, 0.15) is 19.3 Å². The van der Waals surface area contributed by atoms with E-state index >= 15 is 0 Å². The third-order valence-electron chi connectivity index (χ3n) is 2.88. The standard InChI is InChI=1S/C10H17NO3/c12-10-9(3-6-13-10)14-7-8-1-4-11-5-2-8/h8-9,11H,1-7H2. The smallest absolute Gasteiger partial charge is 0.335 e. The van der Waals surface area contributed by atoms with Gasteiger partial charge in [-0.2, -0.15) is 0 Å². The van der Waals surface area contributed by atoms with Crippen LogP contribution in [0.3, 0.4) is 0 Å². The van der Waals surface area contributed by atoms with Crippen LogP contribution < -0.4 is 5.32 Å². The van der Waals surface area contributed by atoms with Gasteiger partial charge in [0.1, 0.15) is 0 Å². The Morgan fingerprint density at radius 2 is 2.14 bits per heavy atom. The predicted molar refractivity (Wildman–Crippen MR) is 50.9 cm³/mol. The van der Waals surface area contributed by atoms with Gasteiger partial charge in [-0.1, -0.05) is 0 Å². The van der Waals surface area contributed by atoms with E-state index in [1.54, 1.807) is 0 Å². The van der Waals surface area contributed by atoms with Crippen LogP contribution in [0.4, 0.5) is 0 Å². The average molecular weight is 199 g/mol. The molecule has 2 fully saturated rings. The first-order valence-electron chi connectivity index (χ1n) is 5.35. The summed E-state index contributed by atoms with van der Waals surface area (Å²) in [6, 6.07) is 0. The summed E-state index contributed by atoms with van der Waals surface area (Å²) in [5, 5.41) is 3.30. The van der Waals surface area contributed by atoms with Gasteiger partial charge in [-0.05, 0) is 31.8 Å². The zero-order valence-electron chi connectivity index (χ0n) is 8.33. The number of carbonyl (C=O) groups excluding carboxylic acids is 1. The number of piperidine rings is 1. The van der Waals surface area contributed by atoms with E-state index in [1.807, 2.05) is 0 Å². The first kappa shape index (κ1) is 9.93. The highest BCUT2D eigenvalue weighted by Gasteiger charge is 2.28. The highest BCUT2D eigenvalue weighted by atomic mass is 16.6. The number of ether oxygens (including phenoxy) is 2. The summed E-state index contributed by atoms with van der Waals surface area (Å²) >= 11 is 0. The molecule has 1 unspecified atom stereocenters. The number of esters is 1. The summed E-state index contributed by atoms with van der Waals surface area (Å²) in [6.45, 7) is 3.38. The van der Waals surface area contributed by atoms with Gasteiger partial charge in [-0.3, -0.25) is 0 Å². The average Bonchev–Trinajstić information content (AvgIpc) is 2.63. The van der Waals surface area contributed by atoms with Crippen LogP contribution in [-0.4, -0.2) is 38.4 Å². The van der Waals surface area contributed by atoms with Crippen molar-refractivity contribution in [2.24, 2.45) is 5.92 Å². The van der Waals surface area contributed by atoms with E-state index in [9.17, 15) is 4.79 Å². The fourth-order valence-electron chi connectivity index (χ4n) is 1.93. The lowest BCUT2D eigenvalue weighted by atomic mass is 9.99. The Labute approximate surface area is 84.0 Å². The number of hydrogen-bond donors (Lipinski definition) is 1. The second kappa shape index (κ2) is 4.75. The van der Waals surface area contributed by atoms with E-state index in [0.29, 0.717) is 19.1 Å². The number of carbonyl (C=O) groups is 1. The zero-order chi connectivity index (χ0) is 9.80. The van der Waals surface area contributed by atoms with Crippen LogP contribution in [0.5, 0.6) is 0 Å². The molecule has 14 heavy (non-hydrogen) atoms. The first-order chi connectivity index (χ1) is 6.86. The monoisotopic (exact) mass is 199 g/mol. The molecule has 0 saturated carbocycles. The van der Waals surface area contributed by atoms with Gasteiger partial charge >= 0.3 is 5.97 Å². The Hall–Kier alpha value is -0.610. The van der Waals surface area contributed by atoms with Crippen LogP contribution in [0, 0.1) is 5.92 Å². The summed E-state index contributed by atoms with van der Waals surface area (Å²) in [5.41, 5.74) is 0. The third-order valence-corrected chi connectivity index (χ3v) is 2.88. The molecule has 2 heterocycles. The van der Waals surface area contributed by atoms with Crippen molar-refractivity contribution in [3.05, 3.63) is 0 Å². The molecule has 0 spiro atoms. The van der Waals surface area contributed by atoms with E-state index < -0.39 is 0 Å². The van der Waals surface area contributed by atoms with Crippen LogP contribution in [-0.2, 0) is 14.3 Å². The Kier molecular flexibility index (Phi) is 3.37. The van der Waals surface area contributed by atoms with Crippen LogP contribution >= 0.6 is 0 Å². The second-order valence-corrected chi connectivity index (χ2v) is 3.97. The molecule has 2 rings (SSSR count). The first-order valence-corrected chi connectivity index (χ1v) is 5.35. The largest absolute Gasteiger partial charge is 0.464 e. The van der Waals surface area contributed by atoms with E-state index in [0.717, 1.165) is 32.4 Å². The molecular weight excluding hydrogens is 182 g/mol. The van der Waals surface area contributed by atoms with Crippen molar-refractivity contribution >= 4 is 5.97 Å². The fraction of sp³-hybridized carbons (Fsp3) is 0.900. The molecule has 80 valence electrons. The SMILES string of the molecule is O=C1OCCC1OCC1CCNCC1. The summed E-state index contributed by atoms with van der Waals surface area (Å²) in [6.07, 6.45) is 2.75. The van der Waals surface area contributed by atoms with Gasteiger partial charge < -0.3 is 14.8 Å². The maximum absolute atomic E-state index is 11.1. The van der Waals surface area contributed by atoms with Crippen molar-refractivity contribution in [1.82, 2.24) is 5.32 Å². The van der Waals surface area contributed by atoms with Gasteiger partial charge in [-0.25, -0.2) is 4.79 Å². The van der Waals surface area contributed by atoms with Crippen molar-refractivity contribution in [1.29, 1.82) is 0 Å². The maximum Gasteiger partial charge on any atom is 0.335 e. The summed E-state index contributed by atoms with van der Waals surface area (Å²) in [5.74, 6) is 0.434. The lowest BCUT2D eigenvalue weighted by molar-refractivity contribution is -0.148. The molecule has 0 bridgehead atoms. The zero-order valence-corrected chi connectivity index (χ0v) is 8.33. The molecule has 0 radical (unpaired) electrons. The van der Waals surface area contributed by atoms with Gasteiger partial charge in [-0.15, -0.1) is 0 Å². The summed E-state index contributed by atoms with van der Waals surface area (Å²) < 4.78 is 10.4. The molecule has 0 aliphatic carbocycles. The molecule has 1 N–H and O–H groups in total. The Morgan fingerprint density at radius 1 is 1.36 bits per heavy atom. The van der Waals surface area contributed by atoms with Gasteiger partial charge in [0.15, 0.2) is 6.10 Å².